The van der Waals surface area contributed by atoms with Crippen molar-refractivity contribution in [2.45, 2.75) is 12.8 Å². The van der Waals surface area contributed by atoms with Crippen molar-refractivity contribution >= 4 is 5.97 Å². The Morgan fingerprint density at radius 1 is 1.71 bits per heavy atom. The number of rotatable bonds is 4. The van der Waals surface area contributed by atoms with E-state index in [9.17, 15) is 13.6 Å². The lowest BCUT2D eigenvalue weighted by molar-refractivity contribution is -0.136. The number of methoxy groups -OCH3 is 1. The lowest BCUT2D eigenvalue weighted by atomic mass is 10.1. The quantitative estimate of drug-likeness (QED) is 0.865. The van der Waals surface area contributed by atoms with Crippen molar-refractivity contribution in [3.05, 3.63) is 23.0 Å². The van der Waals surface area contributed by atoms with Crippen LogP contribution in [-0.2, 0) is 11.2 Å². The van der Waals surface area contributed by atoms with E-state index in [1.165, 1.54) is 0 Å². The molecule has 0 spiro atoms. The smallest absolute Gasteiger partial charge is 0.308 e. The van der Waals surface area contributed by atoms with Crippen LogP contribution in [-0.4, -0.2) is 23.2 Å². The molecule has 0 aliphatic heterocycles. The van der Waals surface area contributed by atoms with E-state index < -0.39 is 24.4 Å². The van der Waals surface area contributed by atoms with Crippen molar-refractivity contribution in [1.82, 2.24) is 4.98 Å². The second kappa shape index (κ2) is 5.21. The number of aromatic nitrogens is 1. The molecule has 0 saturated carbocycles. The van der Waals surface area contributed by atoms with Crippen LogP contribution in [0.25, 0.3) is 0 Å². The van der Waals surface area contributed by atoms with Gasteiger partial charge in [0, 0.05) is 11.8 Å². The Balaban J connectivity index is 3.44. The standard InChI is InChI=1S/C10H8F2N2O3/c1-17-9-5(2-8(15)16)7(3-13)14-4-6(9)10(11)12/h4,10H,2H2,1H3,(H,15,16). The van der Waals surface area contributed by atoms with Gasteiger partial charge in [0.2, 0.25) is 0 Å². The number of ether oxygens (including phenoxy) is 1. The van der Waals surface area contributed by atoms with E-state index in [2.05, 4.69) is 4.98 Å². The molecule has 0 atom stereocenters. The second-order valence-electron chi connectivity index (χ2n) is 3.06. The minimum absolute atomic E-state index is 0.139. The van der Waals surface area contributed by atoms with Crippen LogP contribution in [0.1, 0.15) is 23.2 Å². The van der Waals surface area contributed by atoms with Gasteiger partial charge in [0.15, 0.2) is 0 Å². The van der Waals surface area contributed by atoms with Gasteiger partial charge in [-0.2, -0.15) is 5.26 Å². The Morgan fingerprint density at radius 3 is 2.76 bits per heavy atom. The van der Waals surface area contributed by atoms with Gasteiger partial charge in [0.1, 0.15) is 17.5 Å². The molecular weight excluding hydrogens is 234 g/mol. The average Bonchev–Trinajstić information content (AvgIpc) is 2.27. The molecule has 0 aliphatic carbocycles. The van der Waals surface area contributed by atoms with Crippen LogP contribution in [0.15, 0.2) is 6.20 Å². The number of carboxylic acids is 1. The predicted octanol–water partition coefficient (Wildman–Crippen LogP) is 1.53. The summed E-state index contributed by atoms with van der Waals surface area (Å²) in [7, 11) is 1.13. The van der Waals surface area contributed by atoms with Crippen LogP contribution in [0.4, 0.5) is 8.78 Å². The molecule has 0 amide bonds. The van der Waals surface area contributed by atoms with Gasteiger partial charge in [-0.3, -0.25) is 4.79 Å². The molecule has 1 heterocycles. The van der Waals surface area contributed by atoms with Crippen molar-refractivity contribution in [2.24, 2.45) is 0 Å². The Kier molecular flexibility index (Phi) is 3.93. The largest absolute Gasteiger partial charge is 0.496 e. The molecule has 17 heavy (non-hydrogen) atoms. The van der Waals surface area contributed by atoms with Crippen molar-refractivity contribution in [3.8, 4) is 11.8 Å². The zero-order valence-corrected chi connectivity index (χ0v) is 8.78. The summed E-state index contributed by atoms with van der Waals surface area (Å²) >= 11 is 0. The molecule has 0 aromatic carbocycles. The molecule has 0 aliphatic rings. The predicted molar refractivity (Wildman–Crippen MR) is 51.8 cm³/mol. The van der Waals surface area contributed by atoms with Gasteiger partial charge in [-0.1, -0.05) is 0 Å². The molecule has 0 fully saturated rings. The fourth-order valence-electron chi connectivity index (χ4n) is 1.36. The lowest BCUT2D eigenvalue weighted by Crippen LogP contribution is -2.08. The van der Waals surface area contributed by atoms with E-state index in [4.69, 9.17) is 15.1 Å². The van der Waals surface area contributed by atoms with Crippen LogP contribution in [0.3, 0.4) is 0 Å². The Morgan fingerprint density at radius 2 is 2.35 bits per heavy atom. The van der Waals surface area contributed by atoms with Crippen LogP contribution >= 0.6 is 0 Å². The van der Waals surface area contributed by atoms with Gasteiger partial charge in [-0.25, -0.2) is 13.8 Å². The molecule has 90 valence electrons. The first-order chi connectivity index (χ1) is 8.01. The lowest BCUT2D eigenvalue weighted by Gasteiger charge is -2.12. The molecular formula is C10H8F2N2O3. The van der Waals surface area contributed by atoms with Crippen molar-refractivity contribution < 1.29 is 23.4 Å². The summed E-state index contributed by atoms with van der Waals surface area (Å²) in [4.78, 5) is 14.1. The number of alkyl halides is 2. The average molecular weight is 242 g/mol. The number of halogens is 2. The molecule has 0 saturated heterocycles. The van der Waals surface area contributed by atoms with Crippen molar-refractivity contribution in [2.75, 3.05) is 7.11 Å². The van der Waals surface area contributed by atoms with Crippen LogP contribution in [0, 0.1) is 11.3 Å². The van der Waals surface area contributed by atoms with E-state index in [1.54, 1.807) is 6.07 Å². The topological polar surface area (TPSA) is 83.2 Å². The number of hydrogen-bond donors (Lipinski definition) is 1. The Labute approximate surface area is 95.3 Å². The van der Waals surface area contributed by atoms with Crippen LogP contribution < -0.4 is 4.74 Å². The summed E-state index contributed by atoms with van der Waals surface area (Å²) < 4.78 is 30.0. The number of nitrogens with zero attached hydrogens (tertiary/aromatic N) is 2. The monoisotopic (exact) mass is 242 g/mol. The first-order valence-electron chi connectivity index (χ1n) is 4.47. The molecule has 0 radical (unpaired) electrons. The molecule has 1 aromatic rings. The fraction of sp³-hybridized carbons (Fsp3) is 0.300. The summed E-state index contributed by atoms with van der Waals surface area (Å²) in [6, 6.07) is 1.64. The highest BCUT2D eigenvalue weighted by Crippen LogP contribution is 2.33. The number of carboxylic acid groups (broad SMARTS) is 1. The van der Waals surface area contributed by atoms with Gasteiger partial charge < -0.3 is 9.84 Å². The van der Waals surface area contributed by atoms with E-state index in [-0.39, 0.29) is 17.0 Å². The number of nitriles is 1. The normalized spacial score (nSPS) is 10.1. The molecule has 1 aromatic heterocycles. The maximum atomic E-state index is 12.6. The highest BCUT2D eigenvalue weighted by atomic mass is 19.3. The summed E-state index contributed by atoms with van der Waals surface area (Å²) in [5.74, 6) is -1.55. The zero-order chi connectivity index (χ0) is 13.0. The van der Waals surface area contributed by atoms with Gasteiger partial charge in [0.25, 0.3) is 6.43 Å². The molecule has 1 N–H and O–H groups in total. The molecule has 0 bridgehead atoms. The molecule has 7 heteroatoms. The van der Waals surface area contributed by atoms with Crippen molar-refractivity contribution in [1.29, 1.82) is 5.26 Å². The van der Waals surface area contributed by atoms with Gasteiger partial charge in [0.05, 0.1) is 19.1 Å². The molecule has 5 nitrogen and oxygen atoms in total. The highest BCUT2D eigenvalue weighted by molar-refractivity contribution is 5.72. The van der Waals surface area contributed by atoms with Crippen LogP contribution in [0.5, 0.6) is 5.75 Å². The third-order valence-electron chi connectivity index (χ3n) is 2.03. The number of aliphatic carboxylic acids is 1. The van der Waals surface area contributed by atoms with E-state index >= 15 is 0 Å². The molecule has 1 rings (SSSR count). The van der Waals surface area contributed by atoms with Gasteiger partial charge in [-0.15, -0.1) is 0 Å². The van der Waals surface area contributed by atoms with E-state index in [1.807, 2.05) is 0 Å². The highest BCUT2D eigenvalue weighted by Gasteiger charge is 2.22. The van der Waals surface area contributed by atoms with E-state index in [0.29, 0.717) is 0 Å². The Bertz CT molecular complexity index is 483. The maximum absolute atomic E-state index is 12.6. The third-order valence-corrected chi connectivity index (χ3v) is 2.03. The fourth-order valence-corrected chi connectivity index (χ4v) is 1.36. The van der Waals surface area contributed by atoms with Gasteiger partial charge >= 0.3 is 5.97 Å². The SMILES string of the molecule is COc1c(C(F)F)cnc(C#N)c1CC(=O)O. The number of pyridine rings is 1. The summed E-state index contributed by atoms with van der Waals surface area (Å²) in [5, 5.41) is 17.4. The Hall–Kier alpha value is -2.23. The minimum atomic E-state index is -2.85. The minimum Gasteiger partial charge on any atom is -0.496 e. The summed E-state index contributed by atoms with van der Waals surface area (Å²) in [5.41, 5.74) is -0.892. The third kappa shape index (κ3) is 2.66. The number of carbonyl (C=O) groups is 1. The summed E-state index contributed by atoms with van der Waals surface area (Å²) in [6.45, 7) is 0. The van der Waals surface area contributed by atoms with Crippen LogP contribution in [0.2, 0.25) is 0 Å². The zero-order valence-electron chi connectivity index (χ0n) is 8.78. The first-order valence-corrected chi connectivity index (χ1v) is 4.47. The van der Waals surface area contributed by atoms with Gasteiger partial charge in [-0.05, 0) is 0 Å². The summed E-state index contributed by atoms with van der Waals surface area (Å²) in [6.07, 6.45) is -2.63. The van der Waals surface area contributed by atoms with Crippen molar-refractivity contribution in [3.63, 3.8) is 0 Å². The van der Waals surface area contributed by atoms with E-state index in [0.717, 1.165) is 13.3 Å². The first kappa shape index (κ1) is 12.8. The second-order valence-corrected chi connectivity index (χ2v) is 3.06. The molecule has 0 unspecified atom stereocenters. The number of hydrogen-bond acceptors (Lipinski definition) is 4. The maximum Gasteiger partial charge on any atom is 0.308 e.